The van der Waals surface area contributed by atoms with Crippen LogP contribution in [0.3, 0.4) is 0 Å². The lowest BCUT2D eigenvalue weighted by molar-refractivity contribution is -0.141. The van der Waals surface area contributed by atoms with E-state index in [1.807, 2.05) is 0 Å². The summed E-state index contributed by atoms with van der Waals surface area (Å²) < 4.78 is 4.64. The summed E-state index contributed by atoms with van der Waals surface area (Å²) >= 11 is 0. The number of ether oxygens (including phenoxy) is 1. The molecule has 0 fully saturated rings. The van der Waals surface area contributed by atoms with Crippen LogP contribution in [0.2, 0.25) is 0 Å². The molecule has 0 saturated carbocycles. The Morgan fingerprint density at radius 1 is 1.56 bits per heavy atom. The van der Waals surface area contributed by atoms with E-state index >= 15 is 0 Å². The van der Waals surface area contributed by atoms with Gasteiger partial charge in [-0.25, -0.2) is 0 Å². The Morgan fingerprint density at radius 2 is 2.11 bits per heavy atom. The molecule has 0 bridgehead atoms. The van der Waals surface area contributed by atoms with Gasteiger partial charge in [-0.2, -0.15) is 0 Å². The van der Waals surface area contributed by atoms with Crippen molar-refractivity contribution in [2.75, 3.05) is 6.61 Å². The molecule has 0 saturated heterocycles. The second-order valence-corrected chi connectivity index (χ2v) is 1.69. The highest BCUT2D eigenvalue weighted by Gasteiger charge is 1.88. The summed E-state index contributed by atoms with van der Waals surface area (Å²) in [5, 5.41) is 0. The van der Waals surface area contributed by atoms with Gasteiger partial charge in [0.25, 0.3) is 0 Å². The fourth-order valence-corrected chi connectivity index (χ4v) is 0.360. The first-order valence-electron chi connectivity index (χ1n) is 2.90. The number of hydrogen-bond donors (Lipinski definition) is 0. The normalized spacial score (nSPS) is 7.78. The topological polar surface area (TPSA) is 26.3 Å². The second kappa shape index (κ2) is 7.47. The van der Waals surface area contributed by atoms with Crippen LogP contribution in [0.5, 0.6) is 0 Å². The molecule has 0 atom stereocenters. The molecule has 0 aromatic carbocycles. The molecule has 0 aromatic rings. The van der Waals surface area contributed by atoms with Crippen molar-refractivity contribution >= 4 is 5.97 Å². The molecule has 0 amide bonds. The lowest BCUT2D eigenvalue weighted by atomic mass is 10.4. The third kappa shape index (κ3) is 11.2. The molecule has 0 spiro atoms. The standard InChI is InChI=1S/C6H12O2.CH/c1-3-4-5-8-6(2)7;/h3-5H2,1-2H3;1H. The van der Waals surface area contributed by atoms with Crippen LogP contribution in [-0.2, 0) is 9.53 Å². The van der Waals surface area contributed by atoms with Crippen molar-refractivity contribution in [2.45, 2.75) is 26.7 Å². The van der Waals surface area contributed by atoms with Crippen LogP contribution in [0.4, 0.5) is 0 Å². The van der Waals surface area contributed by atoms with Gasteiger partial charge in [-0.3, -0.25) is 4.79 Å². The van der Waals surface area contributed by atoms with Gasteiger partial charge >= 0.3 is 5.97 Å². The van der Waals surface area contributed by atoms with Crippen molar-refractivity contribution in [3.63, 3.8) is 0 Å². The van der Waals surface area contributed by atoms with Gasteiger partial charge in [0.15, 0.2) is 0 Å². The summed E-state index contributed by atoms with van der Waals surface area (Å²) in [6.07, 6.45) is 2.05. The third-order valence-electron chi connectivity index (χ3n) is 0.803. The first-order chi connectivity index (χ1) is 3.77. The SMILES string of the molecule is CCCCOC(C)=O.[CH]. The smallest absolute Gasteiger partial charge is 0.302 e. The largest absolute Gasteiger partial charge is 0.466 e. The van der Waals surface area contributed by atoms with E-state index in [0.29, 0.717) is 6.61 Å². The monoisotopic (exact) mass is 129 g/mol. The van der Waals surface area contributed by atoms with E-state index in [2.05, 4.69) is 11.7 Å². The summed E-state index contributed by atoms with van der Waals surface area (Å²) in [5.74, 6) is -0.182. The maximum Gasteiger partial charge on any atom is 0.302 e. The molecule has 0 aliphatic carbocycles. The summed E-state index contributed by atoms with van der Waals surface area (Å²) in [4.78, 5) is 10.1. The van der Waals surface area contributed by atoms with Gasteiger partial charge in [-0.15, -0.1) is 0 Å². The van der Waals surface area contributed by atoms with Crippen molar-refractivity contribution in [3.8, 4) is 0 Å². The second-order valence-electron chi connectivity index (χ2n) is 1.69. The number of esters is 1. The van der Waals surface area contributed by atoms with E-state index in [-0.39, 0.29) is 13.4 Å². The summed E-state index contributed by atoms with van der Waals surface area (Å²) in [7, 11) is 0. The third-order valence-corrected chi connectivity index (χ3v) is 0.803. The van der Waals surface area contributed by atoms with Crippen molar-refractivity contribution in [1.82, 2.24) is 0 Å². The fraction of sp³-hybridized carbons (Fsp3) is 0.714. The van der Waals surface area contributed by atoms with Crippen molar-refractivity contribution < 1.29 is 9.53 Å². The van der Waals surface area contributed by atoms with Gasteiger partial charge in [-0.05, 0) is 13.8 Å². The summed E-state index contributed by atoms with van der Waals surface area (Å²) in [6, 6.07) is 0. The number of unbranched alkanes of at least 4 members (excludes halogenated alkanes) is 1. The molecule has 9 heavy (non-hydrogen) atoms. The molecule has 0 rings (SSSR count). The highest BCUT2D eigenvalue weighted by Crippen LogP contribution is 1.86. The molecule has 3 radical (unpaired) electrons. The Hall–Kier alpha value is -0.530. The Labute approximate surface area is 57.2 Å². The van der Waals surface area contributed by atoms with Crippen LogP contribution in [0, 0.1) is 7.43 Å². The molecule has 53 valence electrons. The lowest BCUT2D eigenvalue weighted by Crippen LogP contribution is -1.99. The molecule has 0 aliphatic heterocycles. The Bertz CT molecular complexity index is 69.3. The lowest BCUT2D eigenvalue weighted by Gasteiger charge is -1.96. The van der Waals surface area contributed by atoms with Gasteiger partial charge in [0.1, 0.15) is 0 Å². The summed E-state index contributed by atoms with van der Waals surface area (Å²) in [6.45, 7) is 4.06. The van der Waals surface area contributed by atoms with Gasteiger partial charge in [-0.1, -0.05) is 13.3 Å². The Balaban J connectivity index is 0. The van der Waals surface area contributed by atoms with E-state index in [1.165, 1.54) is 6.92 Å². The maximum absolute atomic E-state index is 10.1. The molecule has 0 N–H and O–H groups in total. The zero-order chi connectivity index (χ0) is 6.41. The fourth-order valence-electron chi connectivity index (χ4n) is 0.360. The van der Waals surface area contributed by atoms with Crippen molar-refractivity contribution in [3.05, 3.63) is 7.43 Å². The van der Waals surface area contributed by atoms with Gasteiger partial charge < -0.3 is 4.74 Å². The molecule has 0 unspecified atom stereocenters. The van der Waals surface area contributed by atoms with Gasteiger partial charge in [0.2, 0.25) is 0 Å². The average molecular weight is 129 g/mol. The highest BCUT2D eigenvalue weighted by molar-refractivity contribution is 5.65. The Kier molecular flexibility index (Phi) is 9.37. The molecular weight excluding hydrogens is 116 g/mol. The zero-order valence-corrected chi connectivity index (χ0v) is 6.02. The summed E-state index contributed by atoms with van der Waals surface area (Å²) in [5.41, 5.74) is 0. The van der Waals surface area contributed by atoms with Crippen LogP contribution in [0.25, 0.3) is 0 Å². The number of hydrogen-bond acceptors (Lipinski definition) is 2. The Morgan fingerprint density at radius 3 is 2.44 bits per heavy atom. The predicted octanol–water partition coefficient (Wildman–Crippen LogP) is 1.55. The molecule has 0 aliphatic rings. The van der Waals surface area contributed by atoms with Crippen LogP contribution >= 0.6 is 0 Å². The van der Waals surface area contributed by atoms with E-state index in [9.17, 15) is 4.79 Å². The van der Waals surface area contributed by atoms with E-state index in [1.54, 1.807) is 0 Å². The zero-order valence-electron chi connectivity index (χ0n) is 6.02. The molecule has 2 heteroatoms. The van der Waals surface area contributed by atoms with Crippen LogP contribution in [0.15, 0.2) is 0 Å². The van der Waals surface area contributed by atoms with Crippen LogP contribution < -0.4 is 0 Å². The van der Waals surface area contributed by atoms with Crippen molar-refractivity contribution in [2.24, 2.45) is 0 Å². The van der Waals surface area contributed by atoms with Crippen LogP contribution in [0.1, 0.15) is 26.7 Å². The van der Waals surface area contributed by atoms with E-state index in [4.69, 9.17) is 0 Å². The van der Waals surface area contributed by atoms with Gasteiger partial charge in [0, 0.05) is 6.92 Å². The average Bonchev–Trinajstić information content (AvgIpc) is 1.66. The quantitative estimate of drug-likeness (QED) is 0.427. The molecule has 0 aromatic heterocycles. The van der Waals surface area contributed by atoms with Crippen LogP contribution in [-0.4, -0.2) is 12.6 Å². The van der Waals surface area contributed by atoms with Gasteiger partial charge in [0.05, 0.1) is 6.61 Å². The minimum Gasteiger partial charge on any atom is -0.466 e. The first-order valence-corrected chi connectivity index (χ1v) is 2.90. The molecule has 0 heterocycles. The first kappa shape index (κ1) is 11.3. The number of carbonyl (C=O) groups is 1. The predicted molar refractivity (Wildman–Crippen MR) is 35.8 cm³/mol. The number of rotatable bonds is 3. The maximum atomic E-state index is 10.1. The molecule has 2 nitrogen and oxygen atoms in total. The van der Waals surface area contributed by atoms with Crippen molar-refractivity contribution in [1.29, 1.82) is 0 Å². The van der Waals surface area contributed by atoms with E-state index in [0.717, 1.165) is 12.8 Å². The van der Waals surface area contributed by atoms with E-state index < -0.39 is 0 Å². The number of carbonyl (C=O) groups excluding carboxylic acids is 1. The highest BCUT2D eigenvalue weighted by atomic mass is 16.5. The minimum atomic E-state index is -0.182. The molecular formula is C7H13O2. The minimum absolute atomic E-state index is 0.